The lowest BCUT2D eigenvalue weighted by atomic mass is 10.1. The summed E-state index contributed by atoms with van der Waals surface area (Å²) < 4.78 is 24.7. The van der Waals surface area contributed by atoms with Crippen LogP contribution >= 0.6 is 0 Å². The number of nitrogens with zero attached hydrogens (tertiary/aromatic N) is 1. The minimum absolute atomic E-state index is 0.144. The van der Waals surface area contributed by atoms with Gasteiger partial charge in [-0.1, -0.05) is 11.8 Å². The highest BCUT2D eigenvalue weighted by molar-refractivity contribution is 5.94. The van der Waals surface area contributed by atoms with E-state index in [4.69, 9.17) is 10.2 Å². The predicted octanol–water partition coefficient (Wildman–Crippen LogP) is 0.730. The first-order valence-electron chi connectivity index (χ1n) is 5.96. The van der Waals surface area contributed by atoms with Crippen molar-refractivity contribution in [2.75, 3.05) is 26.3 Å². The number of halogens is 2. The molecule has 6 heteroatoms. The lowest BCUT2D eigenvalue weighted by Gasteiger charge is -2.21. The van der Waals surface area contributed by atoms with Gasteiger partial charge in [0.05, 0.1) is 13.2 Å². The minimum atomic E-state index is -2.65. The van der Waals surface area contributed by atoms with Gasteiger partial charge in [0.2, 0.25) is 0 Å². The Morgan fingerprint density at radius 3 is 2.40 bits per heavy atom. The van der Waals surface area contributed by atoms with Crippen LogP contribution in [0.1, 0.15) is 15.9 Å². The third-order valence-electron chi connectivity index (χ3n) is 2.46. The van der Waals surface area contributed by atoms with Crippen molar-refractivity contribution < 1.29 is 23.8 Å². The van der Waals surface area contributed by atoms with Gasteiger partial charge >= 0.3 is 0 Å². The molecule has 0 aliphatic carbocycles. The maximum atomic E-state index is 12.4. The molecule has 20 heavy (non-hydrogen) atoms. The van der Waals surface area contributed by atoms with E-state index < -0.39 is 18.9 Å². The SMILES string of the molecule is O=C(c1ccc(C#CCO)cc1)N(CCO)CC(F)F. The Morgan fingerprint density at radius 2 is 1.90 bits per heavy atom. The number of alkyl halides is 2. The number of aliphatic hydroxyl groups excluding tert-OH is 2. The second kappa shape index (κ2) is 8.25. The van der Waals surface area contributed by atoms with Gasteiger partial charge in [-0.05, 0) is 24.3 Å². The highest BCUT2D eigenvalue weighted by atomic mass is 19.3. The summed E-state index contributed by atoms with van der Waals surface area (Å²) in [6.45, 7) is -1.50. The summed E-state index contributed by atoms with van der Waals surface area (Å²) in [6, 6.07) is 6.07. The molecule has 1 aromatic rings. The number of amides is 1. The maximum Gasteiger partial charge on any atom is 0.255 e. The predicted molar refractivity (Wildman–Crippen MR) is 69.4 cm³/mol. The van der Waals surface area contributed by atoms with E-state index in [2.05, 4.69) is 11.8 Å². The zero-order chi connectivity index (χ0) is 15.0. The summed E-state index contributed by atoms with van der Waals surface area (Å²) in [5, 5.41) is 17.4. The first-order chi connectivity index (χ1) is 9.58. The average Bonchev–Trinajstić information content (AvgIpc) is 2.44. The Morgan fingerprint density at radius 1 is 1.25 bits per heavy atom. The largest absolute Gasteiger partial charge is 0.395 e. The lowest BCUT2D eigenvalue weighted by Crippen LogP contribution is -2.37. The van der Waals surface area contributed by atoms with Gasteiger partial charge in [-0.2, -0.15) is 0 Å². The monoisotopic (exact) mass is 283 g/mol. The summed E-state index contributed by atoms with van der Waals surface area (Å²) in [4.78, 5) is 12.9. The van der Waals surface area contributed by atoms with Crippen molar-refractivity contribution in [3.05, 3.63) is 35.4 Å². The molecule has 108 valence electrons. The summed E-state index contributed by atoms with van der Waals surface area (Å²) in [7, 11) is 0. The van der Waals surface area contributed by atoms with E-state index >= 15 is 0 Å². The molecule has 0 saturated heterocycles. The molecule has 0 unspecified atom stereocenters. The van der Waals surface area contributed by atoms with E-state index in [0.717, 1.165) is 4.90 Å². The number of hydrogen-bond donors (Lipinski definition) is 2. The van der Waals surface area contributed by atoms with Crippen LogP contribution in [0, 0.1) is 11.8 Å². The zero-order valence-electron chi connectivity index (χ0n) is 10.7. The Bertz CT molecular complexity index is 491. The second-order valence-corrected chi connectivity index (χ2v) is 3.90. The van der Waals surface area contributed by atoms with E-state index in [-0.39, 0.29) is 25.3 Å². The highest BCUT2D eigenvalue weighted by Crippen LogP contribution is 2.09. The fraction of sp³-hybridized carbons (Fsp3) is 0.357. The Labute approximate surface area is 115 Å². The molecule has 0 heterocycles. The number of carbonyl (C=O) groups is 1. The number of hydrogen-bond acceptors (Lipinski definition) is 3. The van der Waals surface area contributed by atoms with E-state index in [9.17, 15) is 13.6 Å². The number of benzene rings is 1. The number of rotatable bonds is 5. The van der Waals surface area contributed by atoms with Crippen molar-refractivity contribution >= 4 is 5.91 Å². The zero-order valence-corrected chi connectivity index (χ0v) is 10.7. The first kappa shape index (κ1) is 16.1. The smallest absolute Gasteiger partial charge is 0.255 e. The van der Waals surface area contributed by atoms with E-state index in [1.165, 1.54) is 12.1 Å². The van der Waals surface area contributed by atoms with Crippen LogP contribution in [0.4, 0.5) is 8.78 Å². The third-order valence-corrected chi connectivity index (χ3v) is 2.46. The molecule has 1 amide bonds. The Balaban J connectivity index is 2.83. The standard InChI is InChI=1S/C14H15F2NO3/c15-13(16)10-17(7-9-19)14(20)12-5-3-11(4-6-12)2-1-8-18/h3-6,13,18-19H,7-10H2. The minimum Gasteiger partial charge on any atom is -0.395 e. The fourth-order valence-electron chi connectivity index (χ4n) is 1.58. The maximum absolute atomic E-state index is 12.4. The molecule has 0 aliphatic rings. The molecule has 0 aromatic heterocycles. The molecule has 0 atom stereocenters. The molecular weight excluding hydrogens is 268 g/mol. The van der Waals surface area contributed by atoms with E-state index in [0.29, 0.717) is 5.56 Å². The van der Waals surface area contributed by atoms with Gasteiger partial charge in [-0.25, -0.2) is 8.78 Å². The van der Waals surface area contributed by atoms with Gasteiger partial charge in [0.15, 0.2) is 0 Å². The summed E-state index contributed by atoms with van der Waals surface area (Å²) >= 11 is 0. The molecule has 0 radical (unpaired) electrons. The van der Waals surface area contributed by atoms with Crippen molar-refractivity contribution in [1.82, 2.24) is 4.90 Å². The van der Waals surface area contributed by atoms with Crippen LogP contribution in [0.5, 0.6) is 0 Å². The average molecular weight is 283 g/mol. The van der Waals surface area contributed by atoms with Crippen molar-refractivity contribution in [3.63, 3.8) is 0 Å². The molecule has 1 aromatic carbocycles. The topological polar surface area (TPSA) is 60.8 Å². The lowest BCUT2D eigenvalue weighted by molar-refractivity contribution is 0.0509. The quantitative estimate of drug-likeness (QED) is 0.783. The molecular formula is C14H15F2NO3. The van der Waals surface area contributed by atoms with Gasteiger partial charge in [-0.3, -0.25) is 4.79 Å². The number of aliphatic hydroxyl groups is 2. The second-order valence-electron chi connectivity index (χ2n) is 3.90. The van der Waals surface area contributed by atoms with Gasteiger partial charge < -0.3 is 15.1 Å². The third kappa shape index (κ3) is 4.96. The molecule has 0 saturated carbocycles. The molecule has 0 spiro atoms. The van der Waals surface area contributed by atoms with Crippen LogP contribution in [0.25, 0.3) is 0 Å². The van der Waals surface area contributed by atoms with Crippen LogP contribution in [0.15, 0.2) is 24.3 Å². The molecule has 0 fully saturated rings. The van der Waals surface area contributed by atoms with Crippen molar-refractivity contribution in [2.45, 2.75) is 6.43 Å². The fourth-order valence-corrected chi connectivity index (χ4v) is 1.58. The Hall–Kier alpha value is -1.97. The van der Waals surface area contributed by atoms with E-state index in [1.807, 2.05) is 0 Å². The molecule has 2 N–H and O–H groups in total. The first-order valence-corrected chi connectivity index (χ1v) is 5.96. The summed E-state index contributed by atoms with van der Waals surface area (Å²) in [5.41, 5.74) is 0.854. The van der Waals surface area contributed by atoms with Crippen molar-refractivity contribution in [3.8, 4) is 11.8 Å². The van der Waals surface area contributed by atoms with Gasteiger partial charge in [0, 0.05) is 17.7 Å². The van der Waals surface area contributed by atoms with Crippen LogP contribution in [0.3, 0.4) is 0 Å². The van der Waals surface area contributed by atoms with E-state index in [1.54, 1.807) is 12.1 Å². The normalized spacial score (nSPS) is 10.1. The highest BCUT2D eigenvalue weighted by Gasteiger charge is 2.19. The van der Waals surface area contributed by atoms with Gasteiger partial charge in [-0.15, -0.1) is 0 Å². The summed E-state index contributed by atoms with van der Waals surface area (Å²) in [5.74, 6) is 4.55. The van der Waals surface area contributed by atoms with Gasteiger partial charge in [0.25, 0.3) is 12.3 Å². The van der Waals surface area contributed by atoms with Crippen LogP contribution in [0.2, 0.25) is 0 Å². The molecule has 1 rings (SSSR count). The van der Waals surface area contributed by atoms with Crippen LogP contribution < -0.4 is 0 Å². The molecule has 4 nitrogen and oxygen atoms in total. The number of carbonyl (C=O) groups excluding carboxylic acids is 1. The molecule has 0 aliphatic heterocycles. The molecule has 0 bridgehead atoms. The van der Waals surface area contributed by atoms with Crippen molar-refractivity contribution in [1.29, 1.82) is 0 Å². The summed E-state index contributed by atoms with van der Waals surface area (Å²) in [6.07, 6.45) is -2.65. The van der Waals surface area contributed by atoms with Crippen LogP contribution in [-0.4, -0.2) is 53.7 Å². The van der Waals surface area contributed by atoms with Gasteiger partial charge in [0.1, 0.15) is 6.61 Å². The van der Waals surface area contributed by atoms with Crippen molar-refractivity contribution in [2.24, 2.45) is 0 Å². The van der Waals surface area contributed by atoms with Crippen LogP contribution in [-0.2, 0) is 0 Å². The Kier molecular flexibility index (Phi) is 6.64.